The number of hydrogen-bond acceptors (Lipinski definition) is 4. The maximum Gasteiger partial charge on any atom is 0.294 e. The largest absolute Gasteiger partial charge is 0.342 e. The lowest BCUT2D eigenvalue weighted by Crippen LogP contribution is -2.36. The van der Waals surface area contributed by atoms with Gasteiger partial charge in [0, 0.05) is 34.9 Å². The van der Waals surface area contributed by atoms with Crippen LogP contribution in [0.2, 0.25) is 0 Å². The average Bonchev–Trinajstić information content (AvgIpc) is 3.33. The highest BCUT2D eigenvalue weighted by molar-refractivity contribution is 8.18. The first-order valence-corrected chi connectivity index (χ1v) is 12.0. The molecule has 1 fully saturated rings. The highest BCUT2D eigenvalue weighted by atomic mass is 32.2. The summed E-state index contributed by atoms with van der Waals surface area (Å²) in [5, 5.41) is 3.28. The molecule has 1 aromatic heterocycles. The van der Waals surface area contributed by atoms with Gasteiger partial charge in [-0.3, -0.25) is 19.3 Å². The molecule has 5 rings (SSSR count). The Balaban J connectivity index is 1.36. The Bertz CT molecular complexity index is 1460. The number of nitrogens with one attached hydrogen (secondary N) is 1. The third-order valence-corrected chi connectivity index (χ3v) is 6.72. The second-order valence-electron chi connectivity index (χ2n) is 8.40. The van der Waals surface area contributed by atoms with Gasteiger partial charge in [0.15, 0.2) is 0 Å². The Kier molecular flexibility index (Phi) is 6.25. The fraction of sp³-hybridized carbons (Fsp3) is 0.107. The predicted molar refractivity (Wildman–Crippen MR) is 140 cm³/mol. The standard InChI is InChI=1S/C28H23N3O3S/c1-19-11-13-22(14-12-19)29-26(32)18-31-27(33)25(35-28(31)34)15-21-17-30(16-20-7-3-2-4-8-20)24-10-6-5-9-23(21)24/h2-15,17H,16,18H2,1H3,(H,29,32). The van der Waals surface area contributed by atoms with E-state index in [1.54, 1.807) is 18.2 Å². The molecule has 1 aliphatic rings. The van der Waals surface area contributed by atoms with Gasteiger partial charge in [-0.25, -0.2) is 0 Å². The van der Waals surface area contributed by atoms with Crippen molar-refractivity contribution in [2.45, 2.75) is 13.5 Å². The van der Waals surface area contributed by atoms with E-state index < -0.39 is 17.1 Å². The van der Waals surface area contributed by atoms with Gasteiger partial charge in [0.25, 0.3) is 11.1 Å². The maximum atomic E-state index is 13.0. The Morgan fingerprint density at radius 1 is 0.943 bits per heavy atom. The minimum Gasteiger partial charge on any atom is -0.342 e. The summed E-state index contributed by atoms with van der Waals surface area (Å²) in [5.41, 5.74) is 4.75. The highest BCUT2D eigenvalue weighted by Crippen LogP contribution is 2.34. The van der Waals surface area contributed by atoms with Crippen LogP contribution in [0.1, 0.15) is 16.7 Å². The summed E-state index contributed by atoms with van der Waals surface area (Å²) in [6.07, 6.45) is 3.74. The minimum absolute atomic E-state index is 0.306. The van der Waals surface area contributed by atoms with Gasteiger partial charge in [-0.05, 0) is 48.5 Å². The molecule has 1 aliphatic heterocycles. The second-order valence-corrected chi connectivity index (χ2v) is 9.39. The van der Waals surface area contributed by atoms with E-state index in [1.165, 1.54) is 5.56 Å². The summed E-state index contributed by atoms with van der Waals surface area (Å²) in [7, 11) is 0. The summed E-state index contributed by atoms with van der Waals surface area (Å²) in [6, 6.07) is 25.4. The van der Waals surface area contributed by atoms with Crippen molar-refractivity contribution in [1.82, 2.24) is 9.47 Å². The third-order valence-electron chi connectivity index (χ3n) is 5.81. The molecule has 174 valence electrons. The van der Waals surface area contributed by atoms with Crippen LogP contribution in [0.4, 0.5) is 10.5 Å². The summed E-state index contributed by atoms with van der Waals surface area (Å²) in [4.78, 5) is 39.4. The number of benzene rings is 3. The van der Waals surface area contributed by atoms with Crippen LogP contribution in [0.3, 0.4) is 0 Å². The molecule has 2 heterocycles. The van der Waals surface area contributed by atoms with Gasteiger partial charge >= 0.3 is 0 Å². The van der Waals surface area contributed by atoms with Gasteiger partial charge in [0.1, 0.15) is 6.54 Å². The van der Waals surface area contributed by atoms with Crippen LogP contribution >= 0.6 is 11.8 Å². The summed E-state index contributed by atoms with van der Waals surface area (Å²) in [6.45, 7) is 2.32. The number of carbonyl (C=O) groups is 3. The topological polar surface area (TPSA) is 71.4 Å². The molecular formula is C28H23N3O3S. The van der Waals surface area contributed by atoms with E-state index in [-0.39, 0.29) is 6.54 Å². The number of nitrogens with zero attached hydrogens (tertiary/aromatic N) is 2. The number of anilines is 1. The van der Waals surface area contributed by atoms with E-state index in [9.17, 15) is 14.4 Å². The lowest BCUT2D eigenvalue weighted by molar-refractivity contribution is -0.127. The monoisotopic (exact) mass is 481 g/mol. The number of para-hydroxylation sites is 1. The zero-order chi connectivity index (χ0) is 24.4. The summed E-state index contributed by atoms with van der Waals surface area (Å²) in [5.74, 6) is -0.879. The number of aromatic nitrogens is 1. The molecule has 6 nitrogen and oxygen atoms in total. The van der Waals surface area contributed by atoms with Crippen molar-refractivity contribution in [3.05, 3.63) is 107 Å². The molecule has 3 amide bonds. The van der Waals surface area contributed by atoms with Gasteiger partial charge < -0.3 is 9.88 Å². The van der Waals surface area contributed by atoms with Crippen molar-refractivity contribution in [1.29, 1.82) is 0 Å². The summed E-state index contributed by atoms with van der Waals surface area (Å²) < 4.78 is 2.13. The number of amides is 3. The zero-order valence-electron chi connectivity index (χ0n) is 19.1. The Morgan fingerprint density at radius 2 is 1.66 bits per heavy atom. The number of hydrogen-bond donors (Lipinski definition) is 1. The van der Waals surface area contributed by atoms with E-state index in [0.29, 0.717) is 17.1 Å². The van der Waals surface area contributed by atoms with E-state index >= 15 is 0 Å². The molecule has 0 radical (unpaired) electrons. The Labute approximate surface area is 207 Å². The van der Waals surface area contributed by atoms with Crippen molar-refractivity contribution in [2.75, 3.05) is 11.9 Å². The van der Waals surface area contributed by atoms with Crippen molar-refractivity contribution >= 4 is 51.5 Å². The molecule has 0 atom stereocenters. The number of imide groups is 1. The van der Waals surface area contributed by atoms with Crippen LogP contribution in [0, 0.1) is 6.92 Å². The van der Waals surface area contributed by atoms with Crippen molar-refractivity contribution < 1.29 is 14.4 Å². The first-order valence-electron chi connectivity index (χ1n) is 11.2. The molecule has 1 N–H and O–H groups in total. The molecule has 35 heavy (non-hydrogen) atoms. The van der Waals surface area contributed by atoms with Crippen LogP contribution in [-0.4, -0.2) is 33.1 Å². The molecule has 3 aromatic carbocycles. The quantitative estimate of drug-likeness (QED) is 0.360. The first kappa shape index (κ1) is 22.7. The molecule has 1 saturated heterocycles. The van der Waals surface area contributed by atoms with Crippen molar-refractivity contribution in [3.8, 4) is 0 Å². The number of fused-ring (bicyclic) bond motifs is 1. The maximum absolute atomic E-state index is 13.0. The number of carbonyl (C=O) groups excluding carboxylic acids is 3. The van der Waals surface area contributed by atoms with Crippen molar-refractivity contribution in [2.24, 2.45) is 0 Å². The Hall–Kier alpha value is -4.10. The molecule has 0 unspecified atom stereocenters. The molecule has 4 aromatic rings. The van der Waals surface area contributed by atoms with E-state index in [4.69, 9.17) is 0 Å². The highest BCUT2D eigenvalue weighted by Gasteiger charge is 2.36. The van der Waals surface area contributed by atoms with Crippen LogP contribution in [-0.2, 0) is 16.1 Å². The third kappa shape index (κ3) is 4.90. The fourth-order valence-electron chi connectivity index (χ4n) is 4.06. The van der Waals surface area contributed by atoms with Crippen LogP contribution in [0.25, 0.3) is 17.0 Å². The number of rotatable bonds is 6. The molecular weight excluding hydrogens is 458 g/mol. The van der Waals surface area contributed by atoms with Crippen LogP contribution < -0.4 is 5.32 Å². The number of thioether (sulfide) groups is 1. The fourth-order valence-corrected chi connectivity index (χ4v) is 4.89. The SMILES string of the molecule is Cc1ccc(NC(=O)CN2C(=O)SC(=Cc3cn(Cc4ccccc4)c4ccccc34)C2=O)cc1. The van der Waals surface area contributed by atoms with Crippen LogP contribution in [0.15, 0.2) is 90.0 Å². The smallest absolute Gasteiger partial charge is 0.294 e. The normalized spacial score (nSPS) is 14.8. The lowest BCUT2D eigenvalue weighted by Gasteiger charge is -2.12. The van der Waals surface area contributed by atoms with Gasteiger partial charge in [-0.15, -0.1) is 0 Å². The molecule has 7 heteroatoms. The second kappa shape index (κ2) is 9.64. The predicted octanol–water partition coefficient (Wildman–Crippen LogP) is 5.67. The van der Waals surface area contributed by atoms with E-state index in [1.807, 2.05) is 67.7 Å². The number of aryl methyl sites for hydroxylation is 1. The van der Waals surface area contributed by atoms with Gasteiger partial charge in [0.2, 0.25) is 5.91 Å². The lowest BCUT2D eigenvalue weighted by atomic mass is 10.1. The average molecular weight is 482 g/mol. The summed E-state index contributed by atoms with van der Waals surface area (Å²) >= 11 is 0.858. The molecule has 0 saturated carbocycles. The van der Waals surface area contributed by atoms with Gasteiger partial charge in [-0.2, -0.15) is 0 Å². The molecule has 0 bridgehead atoms. The van der Waals surface area contributed by atoms with Crippen molar-refractivity contribution in [3.63, 3.8) is 0 Å². The molecule has 0 spiro atoms. The molecule has 0 aliphatic carbocycles. The van der Waals surface area contributed by atoms with Gasteiger partial charge in [0.05, 0.1) is 4.91 Å². The minimum atomic E-state index is -0.459. The van der Waals surface area contributed by atoms with E-state index in [0.717, 1.165) is 38.7 Å². The van der Waals surface area contributed by atoms with Crippen LogP contribution in [0.5, 0.6) is 0 Å². The first-order chi connectivity index (χ1) is 17.0. The van der Waals surface area contributed by atoms with Gasteiger partial charge in [-0.1, -0.05) is 66.2 Å². The zero-order valence-corrected chi connectivity index (χ0v) is 19.9. The van der Waals surface area contributed by atoms with E-state index in [2.05, 4.69) is 22.0 Å². The Morgan fingerprint density at radius 3 is 2.43 bits per heavy atom.